The van der Waals surface area contributed by atoms with Gasteiger partial charge in [0.2, 0.25) is 0 Å². The van der Waals surface area contributed by atoms with Gasteiger partial charge in [-0.15, -0.1) is 11.3 Å². The zero-order chi connectivity index (χ0) is 15.1. The molecular weight excluding hydrogens is 294 g/mol. The summed E-state index contributed by atoms with van der Waals surface area (Å²) in [4.78, 5) is 13.4. The van der Waals surface area contributed by atoms with E-state index in [0.717, 1.165) is 26.9 Å². The SMILES string of the molecule is Cc1ncc(-c2nc3c(cnn3C(C)c3ccccc3)[nH]2)s1. The van der Waals surface area contributed by atoms with Crippen LogP contribution in [0, 0.1) is 6.92 Å². The molecule has 0 amide bonds. The third kappa shape index (κ3) is 2.12. The average Bonchev–Trinajstić information content (AvgIpc) is 3.22. The lowest BCUT2D eigenvalue weighted by Crippen LogP contribution is -2.08. The van der Waals surface area contributed by atoms with Crippen LogP contribution in [-0.4, -0.2) is 24.7 Å². The first-order valence-electron chi connectivity index (χ1n) is 7.13. The van der Waals surface area contributed by atoms with Gasteiger partial charge in [-0.05, 0) is 19.4 Å². The lowest BCUT2D eigenvalue weighted by molar-refractivity contribution is 0.579. The Morgan fingerprint density at radius 2 is 2.00 bits per heavy atom. The molecule has 0 bridgehead atoms. The van der Waals surface area contributed by atoms with Crippen molar-refractivity contribution in [3.8, 4) is 10.7 Å². The lowest BCUT2D eigenvalue weighted by atomic mass is 10.1. The van der Waals surface area contributed by atoms with Crippen molar-refractivity contribution in [2.75, 3.05) is 0 Å². The van der Waals surface area contributed by atoms with Crippen molar-refractivity contribution >= 4 is 22.5 Å². The van der Waals surface area contributed by atoms with Crippen molar-refractivity contribution in [2.24, 2.45) is 0 Å². The fourth-order valence-electron chi connectivity index (χ4n) is 2.56. The molecule has 0 spiro atoms. The minimum absolute atomic E-state index is 0.137. The fourth-order valence-corrected chi connectivity index (χ4v) is 3.28. The zero-order valence-corrected chi connectivity index (χ0v) is 13.1. The molecule has 4 aromatic rings. The van der Waals surface area contributed by atoms with Gasteiger partial charge >= 0.3 is 0 Å². The van der Waals surface area contributed by atoms with Crippen LogP contribution in [0.5, 0.6) is 0 Å². The summed E-state index contributed by atoms with van der Waals surface area (Å²) in [5.74, 6) is 0.854. The zero-order valence-electron chi connectivity index (χ0n) is 12.3. The molecule has 4 rings (SSSR count). The first-order chi connectivity index (χ1) is 10.7. The van der Waals surface area contributed by atoms with Crippen LogP contribution in [0.15, 0.2) is 42.7 Å². The molecule has 22 heavy (non-hydrogen) atoms. The van der Waals surface area contributed by atoms with Gasteiger partial charge < -0.3 is 4.98 Å². The molecule has 1 N–H and O–H groups in total. The summed E-state index contributed by atoms with van der Waals surface area (Å²) >= 11 is 1.64. The summed E-state index contributed by atoms with van der Waals surface area (Å²) in [6.45, 7) is 4.13. The molecule has 0 saturated heterocycles. The first kappa shape index (κ1) is 13.2. The van der Waals surface area contributed by atoms with E-state index in [0.29, 0.717) is 0 Å². The van der Waals surface area contributed by atoms with E-state index in [1.165, 1.54) is 5.56 Å². The van der Waals surface area contributed by atoms with E-state index in [2.05, 4.69) is 34.1 Å². The molecule has 3 heterocycles. The number of H-pyrrole nitrogens is 1. The number of rotatable bonds is 3. The van der Waals surface area contributed by atoms with E-state index >= 15 is 0 Å². The normalized spacial score (nSPS) is 12.8. The van der Waals surface area contributed by atoms with Crippen molar-refractivity contribution in [1.29, 1.82) is 0 Å². The molecule has 3 aromatic heterocycles. The fraction of sp³-hybridized carbons (Fsp3) is 0.188. The molecule has 0 fully saturated rings. The van der Waals surface area contributed by atoms with Crippen molar-refractivity contribution < 1.29 is 0 Å². The topological polar surface area (TPSA) is 59.4 Å². The molecule has 5 nitrogen and oxygen atoms in total. The van der Waals surface area contributed by atoms with Crippen molar-refractivity contribution in [3.63, 3.8) is 0 Å². The number of hydrogen-bond donors (Lipinski definition) is 1. The predicted molar refractivity (Wildman–Crippen MR) is 88.0 cm³/mol. The monoisotopic (exact) mass is 309 g/mol. The highest BCUT2D eigenvalue weighted by molar-refractivity contribution is 7.14. The Kier molecular flexibility index (Phi) is 3.04. The molecule has 0 saturated carbocycles. The van der Waals surface area contributed by atoms with E-state index < -0.39 is 0 Å². The summed E-state index contributed by atoms with van der Waals surface area (Å²) in [5.41, 5.74) is 3.03. The number of aromatic amines is 1. The minimum Gasteiger partial charge on any atom is -0.335 e. The van der Waals surface area contributed by atoms with Crippen LogP contribution in [0.4, 0.5) is 0 Å². The summed E-state index contributed by atoms with van der Waals surface area (Å²) in [7, 11) is 0. The Labute approximate surface area is 131 Å². The Morgan fingerprint density at radius 1 is 1.18 bits per heavy atom. The number of fused-ring (bicyclic) bond motifs is 1. The number of nitrogens with zero attached hydrogens (tertiary/aromatic N) is 4. The predicted octanol–water partition coefficient (Wildman–Crippen LogP) is 3.80. The highest BCUT2D eigenvalue weighted by Crippen LogP contribution is 2.27. The Bertz CT molecular complexity index is 918. The summed E-state index contributed by atoms with van der Waals surface area (Å²) in [6.07, 6.45) is 3.69. The molecule has 110 valence electrons. The minimum atomic E-state index is 0.137. The maximum Gasteiger partial charge on any atom is 0.177 e. The Morgan fingerprint density at radius 3 is 2.73 bits per heavy atom. The smallest absolute Gasteiger partial charge is 0.177 e. The molecule has 6 heteroatoms. The van der Waals surface area contributed by atoms with E-state index in [4.69, 9.17) is 4.98 Å². The quantitative estimate of drug-likeness (QED) is 0.626. The second kappa shape index (κ2) is 5.06. The van der Waals surface area contributed by atoms with Crippen molar-refractivity contribution in [1.82, 2.24) is 24.7 Å². The number of hydrogen-bond acceptors (Lipinski definition) is 4. The molecule has 0 aliphatic rings. The van der Waals surface area contributed by atoms with E-state index in [9.17, 15) is 0 Å². The Balaban J connectivity index is 1.78. The van der Waals surface area contributed by atoms with Gasteiger partial charge in [-0.2, -0.15) is 5.10 Å². The molecule has 0 aliphatic carbocycles. The van der Waals surface area contributed by atoms with Crippen LogP contribution in [0.2, 0.25) is 0 Å². The number of benzene rings is 1. The van der Waals surface area contributed by atoms with Gasteiger partial charge in [-0.25, -0.2) is 14.6 Å². The van der Waals surface area contributed by atoms with Crippen LogP contribution in [0.3, 0.4) is 0 Å². The number of imidazole rings is 1. The van der Waals surface area contributed by atoms with Crippen LogP contribution < -0.4 is 0 Å². The van der Waals surface area contributed by atoms with Crippen molar-refractivity contribution in [2.45, 2.75) is 19.9 Å². The van der Waals surface area contributed by atoms with Crippen LogP contribution in [-0.2, 0) is 0 Å². The first-order valence-corrected chi connectivity index (χ1v) is 7.95. The van der Waals surface area contributed by atoms with Crippen LogP contribution in [0.25, 0.3) is 21.9 Å². The van der Waals surface area contributed by atoms with E-state index in [1.807, 2.05) is 42.2 Å². The number of thiazole rings is 1. The largest absolute Gasteiger partial charge is 0.335 e. The second-order valence-corrected chi connectivity index (χ2v) is 6.48. The third-order valence-corrected chi connectivity index (χ3v) is 4.66. The molecule has 1 unspecified atom stereocenters. The van der Waals surface area contributed by atoms with Gasteiger partial charge in [0.05, 0.1) is 22.1 Å². The van der Waals surface area contributed by atoms with Crippen molar-refractivity contribution in [3.05, 3.63) is 53.3 Å². The highest BCUT2D eigenvalue weighted by atomic mass is 32.1. The van der Waals surface area contributed by atoms with E-state index in [1.54, 1.807) is 11.3 Å². The van der Waals surface area contributed by atoms with E-state index in [-0.39, 0.29) is 6.04 Å². The summed E-state index contributed by atoms with van der Waals surface area (Å²) in [6, 6.07) is 10.5. The maximum absolute atomic E-state index is 4.72. The summed E-state index contributed by atoms with van der Waals surface area (Å²) in [5, 5.41) is 5.52. The Hall–Kier alpha value is -2.47. The summed E-state index contributed by atoms with van der Waals surface area (Å²) < 4.78 is 1.96. The van der Waals surface area contributed by atoms with Gasteiger partial charge in [-0.1, -0.05) is 30.3 Å². The number of aromatic nitrogens is 5. The second-order valence-electron chi connectivity index (χ2n) is 5.24. The van der Waals surface area contributed by atoms with Crippen LogP contribution >= 0.6 is 11.3 Å². The van der Waals surface area contributed by atoms with Gasteiger partial charge in [0.1, 0.15) is 5.52 Å². The highest BCUT2D eigenvalue weighted by Gasteiger charge is 2.16. The molecule has 1 aromatic carbocycles. The average molecular weight is 309 g/mol. The standard InChI is InChI=1S/C16H15N5S/c1-10(12-6-4-3-5-7-12)21-16-13(8-18-21)19-15(20-16)14-9-17-11(2)22-14/h3-10H,1-2H3,(H,19,20). The van der Waals surface area contributed by atoms with Gasteiger partial charge in [0.25, 0.3) is 0 Å². The molecule has 1 atom stereocenters. The molecular formula is C16H15N5S. The number of nitrogens with one attached hydrogen (secondary N) is 1. The number of aryl methyl sites for hydroxylation is 1. The van der Waals surface area contributed by atoms with Gasteiger partial charge in [0.15, 0.2) is 11.5 Å². The molecule has 0 radical (unpaired) electrons. The van der Waals surface area contributed by atoms with Crippen LogP contribution in [0.1, 0.15) is 23.5 Å². The van der Waals surface area contributed by atoms with Gasteiger partial charge in [-0.3, -0.25) is 0 Å². The third-order valence-electron chi connectivity index (χ3n) is 3.74. The lowest BCUT2D eigenvalue weighted by Gasteiger charge is -2.12. The van der Waals surface area contributed by atoms with Gasteiger partial charge in [0, 0.05) is 6.20 Å². The molecule has 0 aliphatic heterocycles. The maximum atomic E-state index is 4.72.